The fraction of sp³-hybridized carbons (Fsp3) is 0.400. The lowest BCUT2D eigenvalue weighted by Gasteiger charge is -1.86. The van der Waals surface area contributed by atoms with Gasteiger partial charge in [0.05, 0.1) is 6.33 Å². The zero-order chi connectivity index (χ0) is 14.8. The molecule has 9 N–H and O–H groups in total. The van der Waals surface area contributed by atoms with Crippen molar-refractivity contribution in [1.82, 2.24) is 9.97 Å². The second-order valence-corrected chi connectivity index (χ2v) is 4.70. The molecule has 1 aromatic rings. The summed E-state index contributed by atoms with van der Waals surface area (Å²) in [6.45, 7) is 0.683. The monoisotopic (exact) mass is 307 g/mol. The van der Waals surface area contributed by atoms with Crippen LogP contribution in [0.5, 0.6) is 0 Å². The number of imidazole rings is 1. The number of aromatic nitrogens is 2. The maximum absolute atomic E-state index is 8.88. The van der Waals surface area contributed by atoms with Gasteiger partial charge < -0.3 is 40.1 Å². The van der Waals surface area contributed by atoms with Gasteiger partial charge in [0.1, 0.15) is 0 Å². The highest BCUT2D eigenvalue weighted by Gasteiger charge is 2.00. The zero-order valence-corrected chi connectivity index (χ0v) is 10.8. The van der Waals surface area contributed by atoms with Gasteiger partial charge in [-0.15, -0.1) is 0 Å². The second kappa shape index (κ2) is 9.34. The van der Waals surface area contributed by atoms with E-state index >= 15 is 0 Å². The number of hydrogen-bond acceptors (Lipinski definition) is 4. The molecular formula is C5H15N3O8P2. The molecular weight excluding hydrogens is 292 g/mol. The fourth-order valence-corrected chi connectivity index (χ4v) is 0.577. The van der Waals surface area contributed by atoms with Gasteiger partial charge in [0.15, 0.2) is 0 Å². The highest BCUT2D eigenvalue weighted by atomic mass is 31.2. The molecule has 0 radical (unpaired) electrons. The number of nitrogens with two attached hydrogens (primary N) is 1. The van der Waals surface area contributed by atoms with Gasteiger partial charge in [0.25, 0.3) is 0 Å². The maximum Gasteiger partial charge on any atom is 0.466 e. The number of hydrogen-bond donors (Lipinski definition) is 8. The van der Waals surface area contributed by atoms with Crippen molar-refractivity contribution in [3.63, 3.8) is 0 Å². The third kappa shape index (κ3) is 36.1. The highest BCUT2D eigenvalue weighted by molar-refractivity contribution is 7.45. The summed E-state index contributed by atoms with van der Waals surface area (Å²) in [5.41, 5.74) is 6.38. The number of nitrogens with one attached hydrogen (secondary N) is 1. The summed E-state index contributed by atoms with van der Waals surface area (Å²) in [6, 6.07) is 0. The van der Waals surface area contributed by atoms with E-state index < -0.39 is 15.6 Å². The molecule has 0 saturated heterocycles. The smallest absolute Gasteiger partial charge is 0.348 e. The maximum atomic E-state index is 8.88. The first-order chi connectivity index (χ1) is 7.93. The molecule has 1 aromatic heterocycles. The van der Waals surface area contributed by atoms with Crippen LogP contribution in [-0.4, -0.2) is 45.9 Å². The molecule has 0 spiro atoms. The molecule has 0 aliphatic rings. The Kier molecular flexibility index (Phi) is 10.2. The van der Waals surface area contributed by atoms with Crippen LogP contribution in [0, 0.1) is 0 Å². The largest absolute Gasteiger partial charge is 0.466 e. The Morgan fingerprint density at radius 1 is 1.11 bits per heavy atom. The Bertz CT molecular complexity index is 347. The first-order valence-electron chi connectivity index (χ1n) is 4.17. The highest BCUT2D eigenvalue weighted by Crippen LogP contribution is 2.26. The van der Waals surface area contributed by atoms with Crippen LogP contribution in [0.15, 0.2) is 12.5 Å². The van der Waals surface area contributed by atoms with Crippen LogP contribution in [-0.2, 0) is 15.6 Å². The van der Waals surface area contributed by atoms with Crippen LogP contribution in [0.25, 0.3) is 0 Å². The first kappa shape index (κ1) is 19.7. The molecule has 1 rings (SSSR count). The molecule has 1 heterocycles. The van der Waals surface area contributed by atoms with E-state index in [9.17, 15) is 0 Å². The van der Waals surface area contributed by atoms with Crippen LogP contribution in [0.4, 0.5) is 0 Å². The normalized spacial score (nSPS) is 10.8. The van der Waals surface area contributed by atoms with Crippen LogP contribution in [0.2, 0.25) is 0 Å². The molecule has 0 bridgehead atoms. The Hall–Kier alpha value is -0.610. The van der Waals surface area contributed by atoms with E-state index in [2.05, 4.69) is 9.97 Å². The van der Waals surface area contributed by atoms with Crippen molar-refractivity contribution in [3.8, 4) is 0 Å². The topological polar surface area (TPSA) is 210 Å². The Morgan fingerprint density at radius 2 is 1.50 bits per heavy atom. The molecule has 0 fully saturated rings. The van der Waals surface area contributed by atoms with Gasteiger partial charge in [-0.1, -0.05) is 0 Å². The summed E-state index contributed by atoms with van der Waals surface area (Å²) in [5.74, 6) is 0. The third-order valence-electron chi connectivity index (χ3n) is 0.969. The Morgan fingerprint density at radius 3 is 1.72 bits per heavy atom. The summed E-state index contributed by atoms with van der Waals surface area (Å²) < 4.78 is 17.8. The predicted octanol–water partition coefficient (Wildman–Crippen LogP) is -1.95. The van der Waals surface area contributed by atoms with Crippen molar-refractivity contribution < 1.29 is 38.5 Å². The van der Waals surface area contributed by atoms with Crippen LogP contribution in [0.3, 0.4) is 0 Å². The first-order valence-corrected chi connectivity index (χ1v) is 7.30. The van der Waals surface area contributed by atoms with E-state index in [0.717, 1.165) is 12.1 Å². The summed E-state index contributed by atoms with van der Waals surface area (Å²) in [4.78, 5) is 49.9. The van der Waals surface area contributed by atoms with Gasteiger partial charge in [0, 0.05) is 18.3 Å². The molecule has 0 unspecified atom stereocenters. The minimum absolute atomic E-state index is 0.683. The summed E-state index contributed by atoms with van der Waals surface area (Å²) in [6.07, 6.45) is 4.33. The fourth-order valence-electron chi connectivity index (χ4n) is 0.577. The minimum atomic E-state index is -4.64. The van der Waals surface area contributed by atoms with Crippen molar-refractivity contribution in [2.45, 2.75) is 6.42 Å². The third-order valence-corrected chi connectivity index (χ3v) is 0.969. The second-order valence-electron chi connectivity index (χ2n) is 2.64. The van der Waals surface area contributed by atoms with Crippen molar-refractivity contribution >= 4 is 15.6 Å². The van der Waals surface area contributed by atoms with Gasteiger partial charge in [-0.25, -0.2) is 14.1 Å². The lowest BCUT2D eigenvalue weighted by atomic mass is 10.3. The molecule has 0 aliphatic carbocycles. The van der Waals surface area contributed by atoms with Crippen molar-refractivity contribution in [2.24, 2.45) is 5.73 Å². The molecule has 0 saturated carbocycles. The number of rotatable bonds is 2. The number of nitrogens with zero attached hydrogens (tertiary/aromatic N) is 1. The van der Waals surface area contributed by atoms with E-state index in [4.69, 9.17) is 44.2 Å². The SMILES string of the molecule is NCCc1cnc[nH]1.O=P(O)(O)O.O=P(O)(O)O. The van der Waals surface area contributed by atoms with Crippen LogP contribution in [0.1, 0.15) is 5.69 Å². The Labute approximate surface area is 102 Å². The molecule has 13 heteroatoms. The van der Waals surface area contributed by atoms with E-state index in [1.54, 1.807) is 12.5 Å². The van der Waals surface area contributed by atoms with Gasteiger partial charge in [-0.3, -0.25) is 0 Å². The lowest BCUT2D eigenvalue weighted by Crippen LogP contribution is -2.02. The average molecular weight is 307 g/mol. The van der Waals surface area contributed by atoms with Gasteiger partial charge >= 0.3 is 15.6 Å². The van der Waals surface area contributed by atoms with Crippen LogP contribution >= 0.6 is 15.6 Å². The number of phosphoric acid groups is 2. The summed E-state index contributed by atoms with van der Waals surface area (Å²) >= 11 is 0. The number of aromatic amines is 1. The van der Waals surface area contributed by atoms with E-state index in [1.807, 2.05) is 0 Å². The zero-order valence-electron chi connectivity index (χ0n) is 8.99. The number of H-pyrrole nitrogens is 1. The standard InChI is InChI=1S/C5H9N3.2H3O4P/c6-2-1-5-3-7-4-8-5;2*1-5(2,3)4/h3-4H,1-2,6H2,(H,7,8);2*(H3,1,2,3,4). The van der Waals surface area contributed by atoms with E-state index in [-0.39, 0.29) is 0 Å². The van der Waals surface area contributed by atoms with E-state index in [1.165, 1.54) is 0 Å². The summed E-state index contributed by atoms with van der Waals surface area (Å²) in [5, 5.41) is 0. The molecule has 18 heavy (non-hydrogen) atoms. The van der Waals surface area contributed by atoms with E-state index in [0.29, 0.717) is 6.54 Å². The van der Waals surface area contributed by atoms with Crippen molar-refractivity contribution in [3.05, 3.63) is 18.2 Å². The van der Waals surface area contributed by atoms with Gasteiger partial charge in [0.2, 0.25) is 0 Å². The molecule has 0 aliphatic heterocycles. The molecule has 108 valence electrons. The lowest BCUT2D eigenvalue weighted by molar-refractivity contribution is 0.272. The molecule has 0 atom stereocenters. The van der Waals surface area contributed by atoms with Crippen molar-refractivity contribution in [1.29, 1.82) is 0 Å². The predicted molar refractivity (Wildman–Crippen MR) is 59.9 cm³/mol. The van der Waals surface area contributed by atoms with Crippen molar-refractivity contribution in [2.75, 3.05) is 6.54 Å². The van der Waals surface area contributed by atoms with Crippen LogP contribution < -0.4 is 5.73 Å². The van der Waals surface area contributed by atoms with Gasteiger partial charge in [-0.05, 0) is 6.54 Å². The Balaban J connectivity index is 0. The quantitative estimate of drug-likeness (QED) is 0.283. The molecule has 0 aromatic carbocycles. The van der Waals surface area contributed by atoms with Gasteiger partial charge in [-0.2, -0.15) is 0 Å². The molecule has 0 amide bonds. The average Bonchev–Trinajstić information content (AvgIpc) is 2.50. The minimum Gasteiger partial charge on any atom is -0.348 e. The summed E-state index contributed by atoms with van der Waals surface area (Å²) in [7, 11) is -9.28. The molecule has 11 nitrogen and oxygen atoms in total.